The van der Waals surface area contributed by atoms with Crippen molar-refractivity contribution in [1.29, 1.82) is 0 Å². The number of imidazole rings is 1. The van der Waals surface area contributed by atoms with Gasteiger partial charge in [0.05, 0.1) is 6.61 Å². The fraction of sp³-hybridized carbons (Fsp3) is 0.750. The van der Waals surface area contributed by atoms with Gasteiger partial charge in [-0.2, -0.15) is 13.2 Å². The maximum absolute atomic E-state index is 12.8. The molecule has 0 unspecified atom stereocenters. The van der Waals surface area contributed by atoms with Crippen molar-refractivity contribution >= 4 is 5.91 Å². The van der Waals surface area contributed by atoms with Gasteiger partial charge in [-0.25, -0.2) is 4.98 Å². The SMILES string of the molecule is CN1CCO[C@H](C(=O)N(C)C[C@H]2CCc3nc(C(F)(F)F)cn3C2)C1. The summed E-state index contributed by atoms with van der Waals surface area (Å²) in [5.41, 5.74) is -0.841. The van der Waals surface area contributed by atoms with Gasteiger partial charge in [-0.3, -0.25) is 4.79 Å². The quantitative estimate of drug-likeness (QED) is 0.814. The van der Waals surface area contributed by atoms with E-state index in [-0.39, 0.29) is 11.8 Å². The molecule has 0 bridgehead atoms. The number of rotatable bonds is 3. The van der Waals surface area contributed by atoms with Crippen molar-refractivity contribution < 1.29 is 22.7 Å². The van der Waals surface area contributed by atoms with Gasteiger partial charge in [-0.15, -0.1) is 0 Å². The van der Waals surface area contributed by atoms with Crippen LogP contribution in [0.25, 0.3) is 0 Å². The molecular weight excluding hydrogens is 337 g/mol. The molecule has 6 nitrogen and oxygen atoms in total. The zero-order chi connectivity index (χ0) is 18.2. The lowest BCUT2D eigenvalue weighted by atomic mass is 9.98. The molecule has 3 heterocycles. The van der Waals surface area contributed by atoms with Crippen molar-refractivity contribution in [3.8, 4) is 0 Å². The van der Waals surface area contributed by atoms with Crippen LogP contribution >= 0.6 is 0 Å². The summed E-state index contributed by atoms with van der Waals surface area (Å²) in [5.74, 6) is 0.506. The van der Waals surface area contributed by atoms with Gasteiger partial charge in [0.25, 0.3) is 5.91 Å². The van der Waals surface area contributed by atoms with Gasteiger partial charge in [0.1, 0.15) is 11.9 Å². The van der Waals surface area contributed by atoms with Crippen LogP contribution in [0.5, 0.6) is 0 Å². The number of aromatic nitrogens is 2. The molecule has 2 aliphatic rings. The fourth-order valence-corrected chi connectivity index (χ4v) is 3.45. The van der Waals surface area contributed by atoms with Crippen molar-refractivity contribution in [3.63, 3.8) is 0 Å². The number of ether oxygens (including phenoxy) is 1. The highest BCUT2D eigenvalue weighted by Crippen LogP contribution is 2.30. The number of carbonyl (C=O) groups excluding carboxylic acids is 1. The molecule has 2 aliphatic heterocycles. The largest absolute Gasteiger partial charge is 0.434 e. The van der Waals surface area contributed by atoms with Crippen LogP contribution in [-0.4, -0.2) is 71.7 Å². The maximum Gasteiger partial charge on any atom is 0.434 e. The first-order chi connectivity index (χ1) is 11.7. The molecule has 0 aromatic carbocycles. The molecule has 1 amide bonds. The number of hydrogen-bond donors (Lipinski definition) is 0. The van der Waals surface area contributed by atoms with Gasteiger partial charge in [0.15, 0.2) is 5.69 Å². The van der Waals surface area contributed by atoms with Crippen molar-refractivity contribution in [3.05, 3.63) is 17.7 Å². The third kappa shape index (κ3) is 4.14. The number of hydrogen-bond acceptors (Lipinski definition) is 4. The third-order valence-corrected chi connectivity index (χ3v) is 4.83. The Kier molecular flexibility index (Phi) is 5.06. The average molecular weight is 360 g/mol. The van der Waals surface area contributed by atoms with Crippen LogP contribution in [0.4, 0.5) is 13.2 Å². The Balaban J connectivity index is 1.59. The number of amides is 1. The van der Waals surface area contributed by atoms with Crippen LogP contribution in [0.15, 0.2) is 6.20 Å². The van der Waals surface area contributed by atoms with Crippen LogP contribution < -0.4 is 0 Å². The Morgan fingerprint density at radius 3 is 2.88 bits per heavy atom. The molecule has 0 aliphatic carbocycles. The molecule has 2 atom stereocenters. The predicted molar refractivity (Wildman–Crippen MR) is 83.9 cm³/mol. The van der Waals surface area contributed by atoms with Gasteiger partial charge in [0.2, 0.25) is 0 Å². The highest BCUT2D eigenvalue weighted by molar-refractivity contribution is 5.81. The van der Waals surface area contributed by atoms with Gasteiger partial charge < -0.3 is 19.1 Å². The standard InChI is InChI=1S/C16H23F3N4O2/c1-21-5-6-25-12(9-21)15(24)22(2)7-11-3-4-14-20-13(16(17,18)19)10-23(14)8-11/h10-12H,3-9H2,1-2H3/t11-,12+/m1/s1. The van der Waals surface area contributed by atoms with E-state index in [9.17, 15) is 18.0 Å². The number of morpholine rings is 1. The Morgan fingerprint density at radius 1 is 1.44 bits per heavy atom. The Hall–Kier alpha value is -1.61. The maximum atomic E-state index is 12.8. The van der Waals surface area contributed by atoms with E-state index in [1.165, 1.54) is 0 Å². The second-order valence-corrected chi connectivity index (χ2v) is 6.94. The minimum atomic E-state index is -4.42. The summed E-state index contributed by atoms with van der Waals surface area (Å²) in [6.45, 7) is 2.85. The molecule has 0 radical (unpaired) electrons. The first kappa shape index (κ1) is 18.2. The van der Waals surface area contributed by atoms with Gasteiger partial charge >= 0.3 is 6.18 Å². The van der Waals surface area contributed by atoms with E-state index in [4.69, 9.17) is 4.74 Å². The molecule has 0 spiro atoms. The molecule has 1 aromatic rings. The summed E-state index contributed by atoms with van der Waals surface area (Å²) in [4.78, 5) is 19.9. The van der Waals surface area contributed by atoms with Crippen molar-refractivity contribution in [2.45, 2.75) is 31.7 Å². The van der Waals surface area contributed by atoms with E-state index >= 15 is 0 Å². The second kappa shape index (κ2) is 6.95. The highest BCUT2D eigenvalue weighted by atomic mass is 19.4. The number of fused-ring (bicyclic) bond motifs is 1. The first-order valence-electron chi connectivity index (χ1n) is 8.42. The molecule has 1 saturated heterocycles. The molecule has 1 fully saturated rings. The molecule has 140 valence electrons. The van der Waals surface area contributed by atoms with E-state index in [0.29, 0.717) is 38.5 Å². The summed E-state index contributed by atoms with van der Waals surface area (Å²) in [5, 5.41) is 0. The molecule has 0 N–H and O–H groups in total. The summed E-state index contributed by atoms with van der Waals surface area (Å²) >= 11 is 0. The van der Waals surface area contributed by atoms with Crippen LogP contribution in [0, 0.1) is 5.92 Å². The molecular formula is C16H23F3N4O2. The number of likely N-dealkylation sites (N-methyl/N-ethyl adjacent to an activating group) is 2. The number of halogens is 3. The molecule has 3 rings (SSSR count). The zero-order valence-electron chi connectivity index (χ0n) is 14.4. The van der Waals surface area contributed by atoms with Gasteiger partial charge in [-0.1, -0.05) is 0 Å². The van der Waals surface area contributed by atoms with E-state index in [1.54, 1.807) is 16.5 Å². The average Bonchev–Trinajstić information content (AvgIpc) is 2.97. The van der Waals surface area contributed by atoms with Gasteiger partial charge in [0, 0.05) is 45.8 Å². The normalized spacial score (nSPS) is 24.8. The molecule has 25 heavy (non-hydrogen) atoms. The van der Waals surface area contributed by atoms with E-state index in [1.807, 2.05) is 7.05 Å². The Morgan fingerprint density at radius 2 is 2.20 bits per heavy atom. The van der Waals surface area contributed by atoms with E-state index in [0.717, 1.165) is 19.2 Å². The lowest BCUT2D eigenvalue weighted by Gasteiger charge is -2.33. The summed E-state index contributed by atoms with van der Waals surface area (Å²) in [7, 11) is 3.67. The van der Waals surface area contributed by atoms with Crippen LogP contribution in [0.1, 0.15) is 17.9 Å². The van der Waals surface area contributed by atoms with Gasteiger partial charge in [-0.05, 0) is 19.4 Å². The van der Waals surface area contributed by atoms with Crippen LogP contribution in [-0.2, 0) is 28.7 Å². The summed E-state index contributed by atoms with van der Waals surface area (Å²) < 4.78 is 45.4. The van der Waals surface area contributed by atoms with E-state index < -0.39 is 18.0 Å². The van der Waals surface area contributed by atoms with Crippen LogP contribution in [0.2, 0.25) is 0 Å². The highest BCUT2D eigenvalue weighted by Gasteiger charge is 2.36. The number of carbonyl (C=O) groups is 1. The van der Waals surface area contributed by atoms with Crippen molar-refractivity contribution in [2.75, 3.05) is 40.3 Å². The minimum Gasteiger partial charge on any atom is -0.366 e. The fourth-order valence-electron chi connectivity index (χ4n) is 3.45. The predicted octanol–water partition coefficient (Wildman–Crippen LogP) is 1.25. The topological polar surface area (TPSA) is 50.6 Å². The van der Waals surface area contributed by atoms with Crippen molar-refractivity contribution in [1.82, 2.24) is 19.4 Å². The molecule has 9 heteroatoms. The van der Waals surface area contributed by atoms with Crippen LogP contribution in [0.3, 0.4) is 0 Å². The minimum absolute atomic E-state index is 0.0704. The monoisotopic (exact) mass is 360 g/mol. The Bertz CT molecular complexity index is 631. The third-order valence-electron chi connectivity index (χ3n) is 4.83. The first-order valence-corrected chi connectivity index (χ1v) is 8.42. The molecule has 1 aromatic heterocycles. The Labute approximate surface area is 144 Å². The second-order valence-electron chi connectivity index (χ2n) is 6.94. The molecule has 0 saturated carbocycles. The number of nitrogens with zero attached hydrogens (tertiary/aromatic N) is 4. The smallest absolute Gasteiger partial charge is 0.366 e. The van der Waals surface area contributed by atoms with Crippen molar-refractivity contribution in [2.24, 2.45) is 5.92 Å². The zero-order valence-corrected chi connectivity index (χ0v) is 14.4. The summed E-state index contributed by atoms with van der Waals surface area (Å²) in [6, 6.07) is 0. The summed E-state index contributed by atoms with van der Waals surface area (Å²) in [6.07, 6.45) is -2.60. The number of alkyl halides is 3. The lowest BCUT2D eigenvalue weighted by molar-refractivity contribution is -0.148. The lowest BCUT2D eigenvalue weighted by Crippen LogP contribution is -2.50. The van der Waals surface area contributed by atoms with E-state index in [2.05, 4.69) is 9.88 Å². The number of aryl methyl sites for hydroxylation is 1.